The largest absolute Gasteiger partial charge is 0.497 e. The van der Waals surface area contributed by atoms with Gasteiger partial charge in [-0.25, -0.2) is 4.98 Å². The molecule has 0 unspecified atom stereocenters. The van der Waals surface area contributed by atoms with E-state index in [1.165, 1.54) is 0 Å². The molecule has 0 aliphatic carbocycles. The number of aromatic nitrogens is 2. The summed E-state index contributed by atoms with van der Waals surface area (Å²) in [7, 11) is 3.58. The lowest BCUT2D eigenvalue weighted by Crippen LogP contribution is -2.06. The molecule has 0 atom stereocenters. The van der Waals surface area contributed by atoms with E-state index in [1.54, 1.807) is 7.11 Å². The van der Waals surface area contributed by atoms with Gasteiger partial charge in [-0.05, 0) is 26.1 Å². The maximum absolute atomic E-state index is 5.22. The van der Waals surface area contributed by atoms with Gasteiger partial charge in [0.2, 0.25) is 0 Å². The van der Waals surface area contributed by atoms with Gasteiger partial charge in [0.1, 0.15) is 11.6 Å². The number of aromatic amines is 1. The Bertz CT molecular complexity index is 505. The van der Waals surface area contributed by atoms with Crippen molar-refractivity contribution in [1.82, 2.24) is 15.3 Å². The van der Waals surface area contributed by atoms with Crippen molar-refractivity contribution in [1.29, 1.82) is 0 Å². The maximum atomic E-state index is 5.22. The standard InChI is InChI=1S/C13H17N3O/c1-9-13(16-12(15-9)8-14-2)10-5-4-6-11(7-10)17-3/h4-7,14H,8H2,1-3H3,(H,15,16). The van der Waals surface area contributed by atoms with E-state index >= 15 is 0 Å². The predicted octanol–water partition coefficient (Wildman–Crippen LogP) is 2.11. The first kappa shape index (κ1) is 11.7. The number of imidazole rings is 1. The molecule has 0 radical (unpaired) electrons. The fraction of sp³-hybridized carbons (Fsp3) is 0.308. The zero-order chi connectivity index (χ0) is 12.3. The lowest BCUT2D eigenvalue weighted by atomic mass is 10.1. The van der Waals surface area contributed by atoms with Crippen LogP contribution in [-0.2, 0) is 6.54 Å². The highest BCUT2D eigenvalue weighted by molar-refractivity contribution is 5.63. The molecule has 4 heteroatoms. The minimum absolute atomic E-state index is 0.741. The molecular formula is C13H17N3O. The molecule has 1 aromatic heterocycles. The molecule has 0 spiro atoms. The van der Waals surface area contributed by atoms with Crippen LogP contribution in [0.3, 0.4) is 0 Å². The van der Waals surface area contributed by atoms with E-state index in [-0.39, 0.29) is 0 Å². The number of hydrogen-bond donors (Lipinski definition) is 2. The van der Waals surface area contributed by atoms with E-state index in [9.17, 15) is 0 Å². The van der Waals surface area contributed by atoms with Gasteiger partial charge in [-0.15, -0.1) is 0 Å². The Hall–Kier alpha value is -1.81. The van der Waals surface area contributed by atoms with E-state index < -0.39 is 0 Å². The Morgan fingerprint density at radius 1 is 1.41 bits per heavy atom. The fourth-order valence-electron chi connectivity index (χ4n) is 1.82. The Balaban J connectivity index is 2.37. The summed E-state index contributed by atoms with van der Waals surface area (Å²) in [5, 5.41) is 3.08. The van der Waals surface area contributed by atoms with Gasteiger partial charge in [0.15, 0.2) is 0 Å². The second kappa shape index (κ2) is 5.01. The molecule has 17 heavy (non-hydrogen) atoms. The third-order valence-electron chi connectivity index (χ3n) is 2.62. The Morgan fingerprint density at radius 2 is 2.24 bits per heavy atom. The summed E-state index contributed by atoms with van der Waals surface area (Å²) in [6.07, 6.45) is 0. The normalized spacial score (nSPS) is 10.5. The van der Waals surface area contributed by atoms with Crippen LogP contribution in [-0.4, -0.2) is 24.1 Å². The zero-order valence-electron chi connectivity index (χ0n) is 10.4. The van der Waals surface area contributed by atoms with Crippen molar-refractivity contribution >= 4 is 0 Å². The van der Waals surface area contributed by atoms with Crippen LogP contribution in [0.25, 0.3) is 11.3 Å². The minimum Gasteiger partial charge on any atom is -0.497 e. The monoisotopic (exact) mass is 231 g/mol. The molecule has 0 amide bonds. The molecule has 2 rings (SSSR count). The van der Waals surface area contributed by atoms with E-state index in [0.29, 0.717) is 0 Å². The van der Waals surface area contributed by atoms with Crippen LogP contribution in [0.15, 0.2) is 24.3 Å². The van der Waals surface area contributed by atoms with Gasteiger partial charge < -0.3 is 15.0 Å². The topological polar surface area (TPSA) is 49.9 Å². The second-order valence-corrected chi connectivity index (χ2v) is 3.92. The van der Waals surface area contributed by atoms with Crippen LogP contribution < -0.4 is 10.1 Å². The summed E-state index contributed by atoms with van der Waals surface area (Å²) in [6, 6.07) is 7.93. The number of rotatable bonds is 4. The van der Waals surface area contributed by atoms with Crippen LogP contribution in [0.2, 0.25) is 0 Å². The van der Waals surface area contributed by atoms with Crippen molar-refractivity contribution in [2.24, 2.45) is 0 Å². The molecule has 2 N–H and O–H groups in total. The summed E-state index contributed by atoms with van der Waals surface area (Å²) < 4.78 is 5.22. The zero-order valence-corrected chi connectivity index (χ0v) is 10.4. The van der Waals surface area contributed by atoms with Gasteiger partial charge in [0.25, 0.3) is 0 Å². The Morgan fingerprint density at radius 3 is 2.94 bits per heavy atom. The summed E-state index contributed by atoms with van der Waals surface area (Å²) in [5.41, 5.74) is 3.12. The van der Waals surface area contributed by atoms with Crippen LogP contribution in [0.1, 0.15) is 11.5 Å². The van der Waals surface area contributed by atoms with Crippen molar-refractivity contribution in [3.05, 3.63) is 35.8 Å². The van der Waals surface area contributed by atoms with Gasteiger partial charge in [0, 0.05) is 11.3 Å². The van der Waals surface area contributed by atoms with E-state index in [1.807, 2.05) is 38.2 Å². The highest BCUT2D eigenvalue weighted by Gasteiger charge is 2.08. The van der Waals surface area contributed by atoms with Crippen molar-refractivity contribution in [2.75, 3.05) is 14.2 Å². The molecule has 90 valence electrons. The average Bonchev–Trinajstić information content (AvgIpc) is 2.71. The number of aryl methyl sites for hydroxylation is 1. The number of hydrogen-bond acceptors (Lipinski definition) is 3. The molecule has 0 saturated carbocycles. The number of nitrogens with zero attached hydrogens (tertiary/aromatic N) is 1. The van der Waals surface area contributed by atoms with Crippen molar-refractivity contribution in [3.63, 3.8) is 0 Å². The van der Waals surface area contributed by atoms with Gasteiger partial charge in [-0.2, -0.15) is 0 Å². The predicted molar refractivity (Wildman–Crippen MR) is 68.1 cm³/mol. The summed E-state index contributed by atoms with van der Waals surface area (Å²) >= 11 is 0. The smallest absolute Gasteiger partial charge is 0.121 e. The molecule has 0 fully saturated rings. The molecular weight excluding hydrogens is 214 g/mol. The van der Waals surface area contributed by atoms with Crippen molar-refractivity contribution < 1.29 is 4.74 Å². The quantitative estimate of drug-likeness (QED) is 0.847. The highest BCUT2D eigenvalue weighted by Crippen LogP contribution is 2.24. The van der Waals surface area contributed by atoms with Crippen molar-refractivity contribution in [3.8, 4) is 17.0 Å². The van der Waals surface area contributed by atoms with Gasteiger partial charge in [-0.3, -0.25) is 0 Å². The number of ether oxygens (including phenoxy) is 1. The first-order chi connectivity index (χ1) is 8.24. The SMILES string of the molecule is CNCc1nc(-c2cccc(OC)c2)c(C)[nH]1. The first-order valence-electron chi connectivity index (χ1n) is 5.59. The van der Waals surface area contributed by atoms with E-state index in [4.69, 9.17) is 4.74 Å². The second-order valence-electron chi connectivity index (χ2n) is 3.92. The van der Waals surface area contributed by atoms with Crippen molar-refractivity contribution in [2.45, 2.75) is 13.5 Å². The summed E-state index contributed by atoms with van der Waals surface area (Å²) in [5.74, 6) is 1.79. The molecule has 1 aromatic carbocycles. The van der Waals surface area contributed by atoms with Crippen LogP contribution in [0, 0.1) is 6.92 Å². The lowest BCUT2D eigenvalue weighted by molar-refractivity contribution is 0.415. The lowest BCUT2D eigenvalue weighted by Gasteiger charge is -2.02. The molecule has 4 nitrogen and oxygen atoms in total. The molecule has 1 heterocycles. The number of nitrogens with one attached hydrogen (secondary N) is 2. The van der Waals surface area contributed by atoms with E-state index in [2.05, 4.69) is 15.3 Å². The highest BCUT2D eigenvalue weighted by atomic mass is 16.5. The van der Waals surface area contributed by atoms with Crippen LogP contribution >= 0.6 is 0 Å². The third kappa shape index (κ3) is 2.47. The summed E-state index contributed by atoms with van der Waals surface area (Å²) in [4.78, 5) is 7.84. The number of H-pyrrole nitrogens is 1. The van der Waals surface area contributed by atoms with E-state index in [0.717, 1.165) is 35.1 Å². The fourth-order valence-corrected chi connectivity index (χ4v) is 1.82. The van der Waals surface area contributed by atoms with Crippen LogP contribution in [0.5, 0.6) is 5.75 Å². The molecule has 0 aliphatic rings. The minimum atomic E-state index is 0.741. The molecule has 0 aliphatic heterocycles. The molecule has 0 bridgehead atoms. The van der Waals surface area contributed by atoms with Gasteiger partial charge in [-0.1, -0.05) is 12.1 Å². The number of benzene rings is 1. The Kier molecular flexibility index (Phi) is 3.44. The molecule has 2 aromatic rings. The average molecular weight is 231 g/mol. The maximum Gasteiger partial charge on any atom is 0.121 e. The third-order valence-corrected chi connectivity index (χ3v) is 2.62. The first-order valence-corrected chi connectivity index (χ1v) is 5.59. The Labute approximate surface area is 101 Å². The number of methoxy groups -OCH3 is 1. The van der Waals surface area contributed by atoms with Crippen LogP contribution in [0.4, 0.5) is 0 Å². The van der Waals surface area contributed by atoms with Gasteiger partial charge in [0.05, 0.1) is 19.3 Å². The molecule has 0 saturated heterocycles. The summed E-state index contributed by atoms with van der Waals surface area (Å²) in [6.45, 7) is 2.77. The van der Waals surface area contributed by atoms with Gasteiger partial charge >= 0.3 is 0 Å².